The topological polar surface area (TPSA) is 70.7 Å². The van der Waals surface area contributed by atoms with Gasteiger partial charge in [-0.1, -0.05) is 0 Å². The first-order valence-corrected chi connectivity index (χ1v) is 6.18. The number of hydrogen-bond donors (Lipinski definition) is 2. The Bertz CT molecular complexity index is 283. The van der Waals surface area contributed by atoms with Crippen molar-refractivity contribution in [3.8, 4) is 0 Å². The molecule has 0 amide bonds. The van der Waals surface area contributed by atoms with Crippen LogP contribution in [0.1, 0.15) is 0 Å². The Kier molecular flexibility index (Phi) is 3.03. The van der Waals surface area contributed by atoms with Gasteiger partial charge in [0.1, 0.15) is 0 Å². The molecule has 0 aromatic heterocycles. The van der Waals surface area contributed by atoms with E-state index in [4.69, 9.17) is 4.74 Å². The predicted octanol–water partition coefficient (Wildman–Crippen LogP) is -1.88. The maximum atomic E-state index is 11.7. The van der Waals surface area contributed by atoms with E-state index in [1.807, 2.05) is 0 Å². The Labute approximate surface area is 83.8 Å². The normalized spacial score (nSPS) is 26.0. The van der Waals surface area contributed by atoms with Gasteiger partial charge in [-0.15, -0.1) is 0 Å². The summed E-state index contributed by atoms with van der Waals surface area (Å²) in [6.45, 7) is 3.34. The molecular weight excluding hydrogens is 206 g/mol. The van der Waals surface area contributed by atoms with Crippen molar-refractivity contribution in [2.75, 3.05) is 39.4 Å². The van der Waals surface area contributed by atoms with Crippen LogP contribution in [0.5, 0.6) is 0 Å². The number of rotatable bonds is 3. The van der Waals surface area contributed by atoms with Gasteiger partial charge in [-0.3, -0.25) is 0 Å². The van der Waals surface area contributed by atoms with Crippen molar-refractivity contribution in [2.24, 2.45) is 0 Å². The van der Waals surface area contributed by atoms with Gasteiger partial charge < -0.3 is 10.1 Å². The van der Waals surface area contributed by atoms with Crippen molar-refractivity contribution in [2.45, 2.75) is 6.04 Å². The highest BCUT2D eigenvalue weighted by atomic mass is 32.2. The summed E-state index contributed by atoms with van der Waals surface area (Å²) in [5.74, 6) is 0. The molecule has 2 aliphatic rings. The molecule has 82 valence electrons. The van der Waals surface area contributed by atoms with Gasteiger partial charge in [0.05, 0.1) is 13.2 Å². The largest absolute Gasteiger partial charge is 0.379 e. The second-order valence-corrected chi connectivity index (χ2v) is 5.19. The molecule has 2 saturated heterocycles. The van der Waals surface area contributed by atoms with Crippen molar-refractivity contribution in [3.05, 3.63) is 0 Å². The molecule has 0 spiro atoms. The standard InChI is InChI=1S/C7H15N3O3S/c11-14(12,9-7-5-8-6-7)10-1-3-13-4-2-10/h7-9H,1-6H2. The van der Waals surface area contributed by atoms with Crippen LogP contribution in [0.25, 0.3) is 0 Å². The summed E-state index contributed by atoms with van der Waals surface area (Å²) in [4.78, 5) is 0. The summed E-state index contributed by atoms with van der Waals surface area (Å²) >= 11 is 0. The maximum absolute atomic E-state index is 11.7. The van der Waals surface area contributed by atoms with E-state index in [-0.39, 0.29) is 6.04 Å². The summed E-state index contributed by atoms with van der Waals surface area (Å²) in [6, 6.07) is 0.0582. The van der Waals surface area contributed by atoms with Crippen LogP contribution in [0.2, 0.25) is 0 Å². The van der Waals surface area contributed by atoms with E-state index in [9.17, 15) is 8.42 Å². The molecule has 2 N–H and O–H groups in total. The summed E-state index contributed by atoms with van der Waals surface area (Å²) in [5.41, 5.74) is 0. The summed E-state index contributed by atoms with van der Waals surface area (Å²) in [7, 11) is -3.28. The van der Waals surface area contributed by atoms with Crippen LogP contribution in [-0.4, -0.2) is 58.2 Å². The number of hydrogen-bond acceptors (Lipinski definition) is 4. The SMILES string of the molecule is O=S(=O)(NC1CNC1)N1CCOCC1. The zero-order valence-corrected chi connectivity index (χ0v) is 8.72. The van der Waals surface area contributed by atoms with Gasteiger partial charge in [-0.05, 0) is 0 Å². The average molecular weight is 221 g/mol. The van der Waals surface area contributed by atoms with Crippen molar-refractivity contribution in [3.63, 3.8) is 0 Å². The lowest BCUT2D eigenvalue weighted by Gasteiger charge is -2.32. The highest BCUT2D eigenvalue weighted by Crippen LogP contribution is 2.04. The minimum atomic E-state index is -3.28. The third kappa shape index (κ3) is 2.23. The average Bonchev–Trinajstić information content (AvgIpc) is 2.13. The molecule has 0 bridgehead atoms. The van der Waals surface area contributed by atoms with Crippen LogP contribution in [0, 0.1) is 0 Å². The molecule has 0 unspecified atom stereocenters. The summed E-state index contributed by atoms with van der Waals surface area (Å²) in [5, 5.41) is 3.02. The molecule has 0 aromatic rings. The molecule has 7 heteroatoms. The van der Waals surface area contributed by atoms with Crippen LogP contribution < -0.4 is 10.0 Å². The molecule has 0 aliphatic carbocycles. The molecule has 0 radical (unpaired) electrons. The fraction of sp³-hybridized carbons (Fsp3) is 1.00. The predicted molar refractivity (Wildman–Crippen MR) is 51.1 cm³/mol. The van der Waals surface area contributed by atoms with Gasteiger partial charge in [-0.2, -0.15) is 17.4 Å². The Morgan fingerprint density at radius 3 is 2.43 bits per heavy atom. The van der Waals surface area contributed by atoms with E-state index in [1.54, 1.807) is 0 Å². The monoisotopic (exact) mass is 221 g/mol. The first kappa shape index (κ1) is 10.3. The van der Waals surface area contributed by atoms with Crippen molar-refractivity contribution >= 4 is 10.2 Å². The first-order chi connectivity index (χ1) is 6.68. The van der Waals surface area contributed by atoms with Crippen LogP contribution in [0.15, 0.2) is 0 Å². The van der Waals surface area contributed by atoms with Crippen LogP contribution >= 0.6 is 0 Å². The van der Waals surface area contributed by atoms with E-state index in [2.05, 4.69) is 10.0 Å². The zero-order valence-electron chi connectivity index (χ0n) is 7.90. The number of nitrogens with one attached hydrogen (secondary N) is 2. The van der Waals surface area contributed by atoms with Gasteiger partial charge in [0.2, 0.25) is 0 Å². The van der Waals surface area contributed by atoms with E-state index >= 15 is 0 Å². The highest BCUT2D eigenvalue weighted by Gasteiger charge is 2.29. The second-order valence-electron chi connectivity index (χ2n) is 3.49. The second kappa shape index (κ2) is 4.11. The smallest absolute Gasteiger partial charge is 0.279 e. The lowest BCUT2D eigenvalue weighted by atomic mass is 10.2. The molecular formula is C7H15N3O3S. The summed E-state index contributed by atoms with van der Waals surface area (Å²) in [6.07, 6.45) is 0. The molecule has 2 aliphatic heterocycles. The lowest BCUT2D eigenvalue weighted by molar-refractivity contribution is 0.0722. The highest BCUT2D eigenvalue weighted by molar-refractivity contribution is 7.87. The third-order valence-electron chi connectivity index (χ3n) is 2.41. The molecule has 0 aromatic carbocycles. The number of morpholine rings is 1. The van der Waals surface area contributed by atoms with Gasteiger partial charge >= 0.3 is 0 Å². The van der Waals surface area contributed by atoms with E-state index in [0.717, 1.165) is 13.1 Å². The lowest BCUT2D eigenvalue weighted by Crippen LogP contribution is -2.60. The molecule has 2 rings (SSSR count). The Morgan fingerprint density at radius 1 is 1.29 bits per heavy atom. The molecule has 0 atom stereocenters. The fourth-order valence-corrected chi connectivity index (χ4v) is 2.81. The number of ether oxygens (including phenoxy) is 1. The van der Waals surface area contributed by atoms with Crippen molar-refractivity contribution in [1.82, 2.24) is 14.3 Å². The maximum Gasteiger partial charge on any atom is 0.279 e. The molecule has 2 heterocycles. The molecule has 2 fully saturated rings. The zero-order chi connectivity index (χ0) is 10.0. The van der Waals surface area contributed by atoms with Gasteiger partial charge in [0.25, 0.3) is 10.2 Å². The molecule has 0 saturated carbocycles. The third-order valence-corrected chi connectivity index (χ3v) is 4.08. The first-order valence-electron chi connectivity index (χ1n) is 4.74. The van der Waals surface area contributed by atoms with Crippen LogP contribution in [0.3, 0.4) is 0 Å². The Morgan fingerprint density at radius 2 is 1.93 bits per heavy atom. The van der Waals surface area contributed by atoms with Crippen LogP contribution in [0.4, 0.5) is 0 Å². The van der Waals surface area contributed by atoms with Crippen molar-refractivity contribution < 1.29 is 13.2 Å². The minimum absolute atomic E-state index is 0.0582. The quantitative estimate of drug-likeness (QED) is 0.585. The van der Waals surface area contributed by atoms with Crippen LogP contribution in [-0.2, 0) is 14.9 Å². The van der Waals surface area contributed by atoms with Crippen molar-refractivity contribution in [1.29, 1.82) is 0 Å². The van der Waals surface area contributed by atoms with E-state index < -0.39 is 10.2 Å². The Balaban J connectivity index is 1.91. The number of nitrogens with zero attached hydrogens (tertiary/aromatic N) is 1. The van der Waals surface area contributed by atoms with Gasteiger partial charge in [0, 0.05) is 32.2 Å². The Hall–Kier alpha value is -0.210. The van der Waals surface area contributed by atoms with E-state index in [0.29, 0.717) is 26.3 Å². The fourth-order valence-electron chi connectivity index (χ4n) is 1.44. The van der Waals surface area contributed by atoms with Gasteiger partial charge in [-0.25, -0.2) is 0 Å². The van der Waals surface area contributed by atoms with E-state index in [1.165, 1.54) is 4.31 Å². The minimum Gasteiger partial charge on any atom is -0.379 e. The molecule has 14 heavy (non-hydrogen) atoms. The van der Waals surface area contributed by atoms with Gasteiger partial charge in [0.15, 0.2) is 0 Å². The molecule has 6 nitrogen and oxygen atoms in total. The summed E-state index contributed by atoms with van der Waals surface area (Å²) < 4.78 is 32.6.